The number of hydrogen-bond acceptors (Lipinski definition) is 4. The van der Waals surface area contributed by atoms with Crippen molar-refractivity contribution in [1.82, 2.24) is 10.2 Å². The van der Waals surface area contributed by atoms with E-state index in [-0.39, 0.29) is 39.5 Å². The van der Waals surface area contributed by atoms with E-state index >= 15 is 0 Å². The van der Waals surface area contributed by atoms with Crippen molar-refractivity contribution in [3.05, 3.63) is 128 Å². The second-order valence-electron chi connectivity index (χ2n) is 11.0. The highest BCUT2D eigenvalue weighted by atomic mass is 35.5. The molecular weight excluding hydrogens is 700 g/mol. The van der Waals surface area contributed by atoms with Crippen LogP contribution in [-0.2, 0) is 32.6 Å². The molecule has 0 saturated carbocycles. The smallest absolute Gasteiger partial charge is 0.264 e. The van der Waals surface area contributed by atoms with Gasteiger partial charge in [-0.3, -0.25) is 13.9 Å². The molecule has 7 nitrogen and oxygen atoms in total. The van der Waals surface area contributed by atoms with Crippen LogP contribution in [0.3, 0.4) is 0 Å². The molecule has 4 rings (SSSR count). The quantitative estimate of drug-likeness (QED) is 0.132. The SMILES string of the molecule is CCCCNC(=O)C(Cc1ccccc1)N(Cc1ccc(Cl)cc1Cl)C(=O)CN(c1cccc(Cl)c1Cl)S(=O)(=O)c1ccc(C)cc1. The maximum Gasteiger partial charge on any atom is 0.264 e. The third-order valence-electron chi connectivity index (χ3n) is 7.54. The van der Waals surface area contributed by atoms with Crippen LogP contribution in [0.15, 0.2) is 95.9 Å². The van der Waals surface area contributed by atoms with Gasteiger partial charge in [-0.25, -0.2) is 8.42 Å². The zero-order chi connectivity index (χ0) is 34.1. The van der Waals surface area contributed by atoms with Crippen molar-refractivity contribution in [2.75, 3.05) is 17.4 Å². The molecule has 12 heteroatoms. The Kier molecular flexibility index (Phi) is 13.0. The molecule has 2 amide bonds. The van der Waals surface area contributed by atoms with Crippen LogP contribution in [0.4, 0.5) is 5.69 Å². The first-order chi connectivity index (χ1) is 22.4. The van der Waals surface area contributed by atoms with Gasteiger partial charge in [0.05, 0.1) is 20.6 Å². The van der Waals surface area contributed by atoms with Gasteiger partial charge in [0.1, 0.15) is 12.6 Å². The number of carbonyl (C=O) groups is 2. The molecule has 0 aromatic heterocycles. The molecule has 0 saturated heterocycles. The van der Waals surface area contributed by atoms with Crippen LogP contribution in [-0.4, -0.2) is 44.3 Å². The number of amides is 2. The minimum atomic E-state index is -4.35. The Morgan fingerprint density at radius 3 is 2.21 bits per heavy atom. The van der Waals surface area contributed by atoms with Crippen molar-refractivity contribution in [3.63, 3.8) is 0 Å². The predicted molar refractivity (Wildman–Crippen MR) is 191 cm³/mol. The molecule has 0 spiro atoms. The maximum atomic E-state index is 14.6. The molecule has 1 N–H and O–H groups in total. The number of hydrogen-bond donors (Lipinski definition) is 1. The highest BCUT2D eigenvalue weighted by molar-refractivity contribution is 7.92. The van der Waals surface area contributed by atoms with E-state index in [1.54, 1.807) is 36.4 Å². The molecule has 1 atom stereocenters. The number of carbonyl (C=O) groups excluding carboxylic acids is 2. The van der Waals surface area contributed by atoms with Crippen LogP contribution < -0.4 is 9.62 Å². The lowest BCUT2D eigenvalue weighted by molar-refractivity contribution is -0.140. The highest BCUT2D eigenvalue weighted by Crippen LogP contribution is 2.36. The first-order valence-corrected chi connectivity index (χ1v) is 18.0. The van der Waals surface area contributed by atoms with Crippen molar-refractivity contribution < 1.29 is 18.0 Å². The van der Waals surface area contributed by atoms with Crippen LogP contribution >= 0.6 is 46.4 Å². The molecule has 248 valence electrons. The van der Waals surface area contributed by atoms with Gasteiger partial charge in [0, 0.05) is 29.6 Å². The molecule has 0 fully saturated rings. The lowest BCUT2D eigenvalue weighted by Crippen LogP contribution is -2.53. The van der Waals surface area contributed by atoms with Crippen molar-refractivity contribution in [2.45, 2.75) is 50.6 Å². The van der Waals surface area contributed by atoms with E-state index in [4.69, 9.17) is 46.4 Å². The summed E-state index contributed by atoms with van der Waals surface area (Å²) >= 11 is 25.6. The maximum absolute atomic E-state index is 14.6. The first kappa shape index (κ1) is 36.6. The Morgan fingerprint density at radius 1 is 0.851 bits per heavy atom. The van der Waals surface area contributed by atoms with Crippen LogP contribution in [0.25, 0.3) is 0 Å². The number of benzene rings is 4. The molecule has 4 aromatic carbocycles. The van der Waals surface area contributed by atoms with Gasteiger partial charge in [-0.05, 0) is 60.9 Å². The zero-order valence-electron chi connectivity index (χ0n) is 25.9. The average Bonchev–Trinajstić information content (AvgIpc) is 3.04. The van der Waals surface area contributed by atoms with Crippen molar-refractivity contribution in [2.24, 2.45) is 0 Å². The first-order valence-electron chi connectivity index (χ1n) is 15.0. The van der Waals surface area contributed by atoms with E-state index in [1.807, 2.05) is 44.2 Å². The Morgan fingerprint density at radius 2 is 1.55 bits per heavy atom. The van der Waals surface area contributed by atoms with Crippen molar-refractivity contribution >= 4 is 73.9 Å². The molecule has 0 heterocycles. The van der Waals surface area contributed by atoms with Crippen molar-refractivity contribution in [1.29, 1.82) is 0 Å². The molecular formula is C35H35Cl4N3O4S. The number of aryl methyl sites for hydroxylation is 1. The molecule has 0 aliphatic rings. The number of nitrogens with zero attached hydrogens (tertiary/aromatic N) is 2. The average molecular weight is 736 g/mol. The molecule has 0 radical (unpaired) electrons. The van der Waals surface area contributed by atoms with E-state index in [2.05, 4.69) is 5.32 Å². The van der Waals surface area contributed by atoms with Crippen molar-refractivity contribution in [3.8, 4) is 0 Å². The monoisotopic (exact) mass is 733 g/mol. The molecule has 0 aliphatic carbocycles. The Labute approximate surface area is 296 Å². The predicted octanol–water partition coefficient (Wildman–Crippen LogP) is 8.36. The number of anilines is 1. The Hall–Kier alpha value is -3.27. The summed E-state index contributed by atoms with van der Waals surface area (Å²) in [4.78, 5) is 29.8. The van der Waals surface area contributed by atoms with E-state index < -0.39 is 28.5 Å². The fourth-order valence-electron chi connectivity index (χ4n) is 4.93. The lowest BCUT2D eigenvalue weighted by Gasteiger charge is -2.34. The van der Waals surface area contributed by atoms with Gasteiger partial charge in [-0.15, -0.1) is 0 Å². The second-order valence-corrected chi connectivity index (χ2v) is 14.5. The second kappa shape index (κ2) is 16.7. The number of halogens is 4. The summed E-state index contributed by atoms with van der Waals surface area (Å²) in [5.74, 6) is -1.04. The summed E-state index contributed by atoms with van der Waals surface area (Å²) < 4.78 is 29.4. The van der Waals surface area contributed by atoms with E-state index in [0.29, 0.717) is 22.2 Å². The van der Waals surface area contributed by atoms with Crippen LogP contribution in [0.1, 0.15) is 36.5 Å². The molecule has 0 bridgehead atoms. The number of sulfonamides is 1. The minimum Gasteiger partial charge on any atom is -0.354 e. The Balaban J connectivity index is 1.84. The summed E-state index contributed by atoms with van der Waals surface area (Å²) in [7, 11) is -4.35. The summed E-state index contributed by atoms with van der Waals surface area (Å²) in [6.45, 7) is 3.47. The van der Waals surface area contributed by atoms with Gasteiger partial charge in [-0.2, -0.15) is 0 Å². The summed E-state index contributed by atoms with van der Waals surface area (Å²) in [6.07, 6.45) is 1.77. The van der Waals surface area contributed by atoms with Crippen LogP contribution in [0, 0.1) is 6.92 Å². The summed E-state index contributed by atoms with van der Waals surface area (Å²) in [5, 5.41) is 3.73. The fourth-order valence-corrected chi connectivity index (χ4v) is 7.27. The topological polar surface area (TPSA) is 86.8 Å². The van der Waals surface area contributed by atoms with Gasteiger partial charge < -0.3 is 10.2 Å². The third kappa shape index (κ3) is 9.42. The molecule has 1 unspecified atom stereocenters. The van der Waals surface area contributed by atoms with Gasteiger partial charge in [-0.1, -0.05) is 120 Å². The number of rotatable bonds is 14. The largest absolute Gasteiger partial charge is 0.354 e. The molecule has 0 aliphatic heterocycles. The van der Waals surface area contributed by atoms with E-state index in [9.17, 15) is 18.0 Å². The van der Waals surface area contributed by atoms with Crippen LogP contribution in [0.5, 0.6) is 0 Å². The molecule has 4 aromatic rings. The van der Waals surface area contributed by atoms with Crippen LogP contribution in [0.2, 0.25) is 20.1 Å². The summed E-state index contributed by atoms with van der Waals surface area (Å²) in [6, 6.07) is 23.9. The lowest BCUT2D eigenvalue weighted by atomic mass is 10.0. The normalized spacial score (nSPS) is 12.0. The number of unbranched alkanes of at least 4 members (excludes halogenated alkanes) is 1. The summed E-state index contributed by atoms with van der Waals surface area (Å²) in [5.41, 5.74) is 2.21. The zero-order valence-corrected chi connectivity index (χ0v) is 29.8. The third-order valence-corrected chi connectivity index (χ3v) is 10.7. The number of nitrogens with one attached hydrogen (secondary N) is 1. The van der Waals surface area contributed by atoms with E-state index in [1.165, 1.54) is 29.2 Å². The Bertz CT molecular complexity index is 1810. The fraction of sp³-hybridized carbons (Fsp3) is 0.257. The van der Waals surface area contributed by atoms with Gasteiger partial charge in [0.2, 0.25) is 11.8 Å². The molecule has 47 heavy (non-hydrogen) atoms. The minimum absolute atomic E-state index is 0.0181. The highest BCUT2D eigenvalue weighted by Gasteiger charge is 2.35. The standard InChI is InChI=1S/C35H35Cl4N3O4S/c1-3-4-19-40-35(44)32(20-25-9-6-5-7-10-25)41(22-26-15-16-27(36)21-30(26)38)33(43)23-42(31-12-8-11-29(37)34(31)39)47(45,46)28-17-13-24(2)14-18-28/h5-18,21,32H,3-4,19-20,22-23H2,1-2H3,(H,40,44). The van der Waals surface area contributed by atoms with E-state index in [0.717, 1.165) is 28.3 Å². The van der Waals surface area contributed by atoms with Gasteiger partial charge in [0.15, 0.2) is 0 Å². The van der Waals surface area contributed by atoms with Gasteiger partial charge in [0.25, 0.3) is 10.0 Å². The van der Waals surface area contributed by atoms with Gasteiger partial charge >= 0.3 is 0 Å².